The zero-order valence-corrected chi connectivity index (χ0v) is 9.42. The van der Waals surface area contributed by atoms with E-state index in [0.717, 1.165) is 19.3 Å². The van der Waals surface area contributed by atoms with Crippen LogP contribution < -0.4 is 0 Å². The molecule has 1 heterocycles. The summed E-state index contributed by atoms with van der Waals surface area (Å²) in [6.07, 6.45) is 3.98. The quantitative estimate of drug-likeness (QED) is 0.672. The van der Waals surface area contributed by atoms with Crippen LogP contribution in [0.15, 0.2) is 0 Å². The third-order valence-corrected chi connectivity index (χ3v) is 5.50. The van der Waals surface area contributed by atoms with Crippen molar-refractivity contribution in [3.8, 4) is 0 Å². The predicted octanol–water partition coefficient (Wildman–Crippen LogP) is 1.38. The molecule has 2 rings (SSSR count). The molecular formula is C10H18O3S. The van der Waals surface area contributed by atoms with Gasteiger partial charge in [-0.3, -0.25) is 0 Å². The maximum atomic E-state index is 11.9. The van der Waals surface area contributed by atoms with Gasteiger partial charge in [-0.15, -0.1) is 0 Å². The van der Waals surface area contributed by atoms with E-state index in [9.17, 15) is 8.42 Å². The van der Waals surface area contributed by atoms with Gasteiger partial charge in [0, 0.05) is 0 Å². The van der Waals surface area contributed by atoms with Crippen LogP contribution >= 0.6 is 0 Å². The van der Waals surface area contributed by atoms with E-state index < -0.39 is 9.84 Å². The Balaban J connectivity index is 1.97. The molecule has 4 heteroatoms. The van der Waals surface area contributed by atoms with Gasteiger partial charge in [-0.2, -0.15) is 0 Å². The fourth-order valence-electron chi connectivity index (χ4n) is 2.26. The summed E-state index contributed by atoms with van der Waals surface area (Å²) in [6, 6.07) is 0. The first-order valence-corrected chi connectivity index (χ1v) is 7.12. The number of hydrogen-bond donors (Lipinski definition) is 0. The van der Waals surface area contributed by atoms with Gasteiger partial charge in [0.05, 0.1) is 23.7 Å². The van der Waals surface area contributed by atoms with Gasteiger partial charge >= 0.3 is 0 Å². The van der Waals surface area contributed by atoms with Gasteiger partial charge in [0.2, 0.25) is 0 Å². The Morgan fingerprint density at radius 2 is 2.07 bits per heavy atom. The maximum Gasteiger partial charge on any atom is 0.155 e. The van der Waals surface area contributed by atoms with E-state index in [1.165, 1.54) is 6.42 Å². The number of ether oxygens (including phenoxy) is 1. The largest absolute Gasteiger partial charge is 0.372 e. The molecule has 0 amide bonds. The summed E-state index contributed by atoms with van der Waals surface area (Å²) < 4.78 is 28.8. The zero-order chi connectivity index (χ0) is 10.2. The molecule has 0 radical (unpaired) electrons. The average Bonchev–Trinajstić information content (AvgIpc) is 2.87. The molecule has 2 unspecified atom stereocenters. The van der Waals surface area contributed by atoms with Gasteiger partial charge in [0.15, 0.2) is 9.84 Å². The second-order valence-corrected chi connectivity index (χ2v) is 7.00. The Morgan fingerprint density at radius 1 is 1.36 bits per heavy atom. The molecule has 1 aliphatic heterocycles. The van der Waals surface area contributed by atoms with Crippen molar-refractivity contribution in [3.63, 3.8) is 0 Å². The van der Waals surface area contributed by atoms with Crippen LogP contribution in [0, 0.1) is 5.92 Å². The lowest BCUT2D eigenvalue weighted by Crippen LogP contribution is -2.30. The van der Waals surface area contributed by atoms with Crippen molar-refractivity contribution in [3.05, 3.63) is 0 Å². The molecule has 1 saturated carbocycles. The molecular weight excluding hydrogens is 200 g/mol. The van der Waals surface area contributed by atoms with Gasteiger partial charge in [-0.25, -0.2) is 8.42 Å². The zero-order valence-electron chi connectivity index (χ0n) is 8.61. The third-order valence-electron chi connectivity index (χ3n) is 3.22. The van der Waals surface area contributed by atoms with Gasteiger partial charge < -0.3 is 4.74 Å². The molecule has 3 nitrogen and oxygen atoms in total. The second-order valence-electron chi connectivity index (χ2n) is 4.68. The summed E-state index contributed by atoms with van der Waals surface area (Å²) in [5.41, 5.74) is 0. The van der Waals surface area contributed by atoms with Crippen molar-refractivity contribution in [2.24, 2.45) is 5.92 Å². The first kappa shape index (κ1) is 10.4. The van der Waals surface area contributed by atoms with E-state index in [0.29, 0.717) is 12.5 Å². The smallest absolute Gasteiger partial charge is 0.155 e. The van der Waals surface area contributed by atoms with Gasteiger partial charge in [-0.1, -0.05) is 19.8 Å². The van der Waals surface area contributed by atoms with Crippen LogP contribution in [0.4, 0.5) is 0 Å². The molecule has 1 aliphatic carbocycles. The van der Waals surface area contributed by atoms with E-state index in [-0.39, 0.29) is 17.1 Å². The molecule has 0 spiro atoms. The van der Waals surface area contributed by atoms with Crippen LogP contribution in [0.1, 0.15) is 32.6 Å². The normalized spacial score (nSPS) is 38.2. The van der Waals surface area contributed by atoms with E-state index in [1.807, 2.05) is 0 Å². The lowest BCUT2D eigenvalue weighted by atomic mass is 9.91. The first-order valence-electron chi connectivity index (χ1n) is 5.41. The molecule has 2 aliphatic rings. The number of rotatable bonds is 3. The summed E-state index contributed by atoms with van der Waals surface area (Å²) in [6.45, 7) is 2.79. The molecule has 0 aromatic rings. The van der Waals surface area contributed by atoms with Crippen molar-refractivity contribution < 1.29 is 13.2 Å². The van der Waals surface area contributed by atoms with Gasteiger partial charge in [-0.05, 0) is 18.8 Å². The van der Waals surface area contributed by atoms with Crippen molar-refractivity contribution in [1.29, 1.82) is 0 Å². The highest BCUT2D eigenvalue weighted by Gasteiger charge is 2.36. The highest BCUT2D eigenvalue weighted by molar-refractivity contribution is 7.92. The topological polar surface area (TPSA) is 46.7 Å². The first-order chi connectivity index (χ1) is 6.58. The van der Waals surface area contributed by atoms with Crippen LogP contribution in [-0.4, -0.2) is 32.1 Å². The minimum Gasteiger partial charge on any atom is -0.372 e. The monoisotopic (exact) mass is 218 g/mol. The Bertz CT molecular complexity index is 292. The predicted molar refractivity (Wildman–Crippen MR) is 54.9 cm³/mol. The number of sulfone groups is 1. The molecule has 82 valence electrons. The summed E-state index contributed by atoms with van der Waals surface area (Å²) >= 11 is 0. The minimum absolute atomic E-state index is 0.0113. The van der Waals surface area contributed by atoms with Crippen LogP contribution in [0.25, 0.3) is 0 Å². The van der Waals surface area contributed by atoms with Crippen molar-refractivity contribution in [2.45, 2.75) is 44.0 Å². The summed E-state index contributed by atoms with van der Waals surface area (Å²) in [5, 5.41) is -0.0875. The Labute approximate surface area is 85.8 Å². The summed E-state index contributed by atoms with van der Waals surface area (Å²) in [5.74, 6) is 0.827. The van der Waals surface area contributed by atoms with Gasteiger partial charge in [0.25, 0.3) is 0 Å². The van der Waals surface area contributed by atoms with Crippen molar-refractivity contribution >= 4 is 9.84 Å². The van der Waals surface area contributed by atoms with Crippen molar-refractivity contribution in [2.75, 3.05) is 12.4 Å². The standard InChI is InChI=1S/C10H18O3S/c1-8-3-2-4-10(5-8)14(11,12)7-9-6-13-9/h8-10H,2-7H2,1H3/t8?,9-,10?/m1/s1. The Hall–Kier alpha value is -0.0900. The van der Waals surface area contributed by atoms with Crippen LogP contribution in [0.5, 0.6) is 0 Å². The average molecular weight is 218 g/mol. The maximum absolute atomic E-state index is 11.9. The van der Waals surface area contributed by atoms with E-state index >= 15 is 0 Å². The van der Waals surface area contributed by atoms with Crippen LogP contribution in [0.3, 0.4) is 0 Å². The molecule has 3 atom stereocenters. The molecule has 0 bridgehead atoms. The number of epoxide rings is 1. The molecule has 1 saturated heterocycles. The molecule has 14 heavy (non-hydrogen) atoms. The third kappa shape index (κ3) is 2.48. The molecule has 2 fully saturated rings. The van der Waals surface area contributed by atoms with Crippen LogP contribution in [0.2, 0.25) is 0 Å². The lowest BCUT2D eigenvalue weighted by Gasteiger charge is -2.26. The summed E-state index contributed by atoms with van der Waals surface area (Å²) in [4.78, 5) is 0. The fraction of sp³-hybridized carbons (Fsp3) is 1.00. The fourth-order valence-corrected chi connectivity index (χ4v) is 4.39. The Kier molecular flexibility index (Phi) is 2.84. The SMILES string of the molecule is CC1CCCC(S(=O)(=O)C[C@H]2CO2)C1. The lowest BCUT2D eigenvalue weighted by molar-refractivity contribution is 0.378. The molecule has 0 N–H and O–H groups in total. The van der Waals surface area contributed by atoms with Gasteiger partial charge in [0.1, 0.15) is 0 Å². The number of hydrogen-bond acceptors (Lipinski definition) is 3. The molecule has 0 aromatic carbocycles. The summed E-state index contributed by atoms with van der Waals surface area (Å²) in [7, 11) is -2.88. The van der Waals surface area contributed by atoms with E-state index in [2.05, 4.69) is 6.92 Å². The highest BCUT2D eigenvalue weighted by Crippen LogP contribution is 2.30. The molecule has 0 aromatic heterocycles. The van der Waals surface area contributed by atoms with E-state index in [1.54, 1.807) is 0 Å². The van der Waals surface area contributed by atoms with Crippen molar-refractivity contribution in [1.82, 2.24) is 0 Å². The highest BCUT2D eigenvalue weighted by atomic mass is 32.2. The minimum atomic E-state index is -2.88. The van der Waals surface area contributed by atoms with Crippen LogP contribution in [-0.2, 0) is 14.6 Å². The van der Waals surface area contributed by atoms with E-state index in [4.69, 9.17) is 4.74 Å². The Morgan fingerprint density at radius 3 is 2.64 bits per heavy atom. The second kappa shape index (κ2) is 3.81.